The van der Waals surface area contributed by atoms with E-state index < -0.39 is 50.3 Å². The molecule has 0 atom stereocenters. The van der Waals surface area contributed by atoms with Gasteiger partial charge >= 0.3 is 6.18 Å². The number of aromatic nitrogens is 4. The van der Waals surface area contributed by atoms with Gasteiger partial charge in [0.05, 0.1) is 18.2 Å². The zero-order valence-electron chi connectivity index (χ0n) is 20.3. The fraction of sp³-hybridized carbons (Fsp3) is 0.348. The number of carbonyl (C=O) groups is 1. The number of hydrogen-bond donors (Lipinski definition) is 1. The van der Waals surface area contributed by atoms with Crippen LogP contribution in [0.5, 0.6) is 17.6 Å². The second kappa shape index (κ2) is 9.78. The van der Waals surface area contributed by atoms with Crippen LogP contribution in [0.2, 0.25) is 0 Å². The summed E-state index contributed by atoms with van der Waals surface area (Å²) in [5.74, 6) is -2.42. The van der Waals surface area contributed by atoms with Crippen molar-refractivity contribution in [2.45, 2.75) is 42.9 Å². The lowest BCUT2D eigenvalue weighted by atomic mass is 9.80. The van der Waals surface area contributed by atoms with E-state index in [9.17, 15) is 30.8 Å². The summed E-state index contributed by atoms with van der Waals surface area (Å²) in [6.45, 7) is 1.00. The van der Waals surface area contributed by atoms with Gasteiger partial charge in [0.25, 0.3) is 23.5 Å². The topological polar surface area (TPSA) is 133 Å². The predicted molar refractivity (Wildman–Crippen MR) is 125 cm³/mol. The number of nitrogens with one attached hydrogen (secondary N) is 1. The van der Waals surface area contributed by atoms with Crippen molar-refractivity contribution in [2.24, 2.45) is 0 Å². The van der Waals surface area contributed by atoms with Gasteiger partial charge in [0.15, 0.2) is 21.2 Å². The molecule has 2 aromatic heterocycles. The first kappa shape index (κ1) is 27.2. The number of sulfone groups is 1. The van der Waals surface area contributed by atoms with E-state index in [1.165, 1.54) is 25.3 Å². The minimum absolute atomic E-state index is 0.00589. The Hall–Kier alpha value is -3.88. The monoisotopic (exact) mass is 555 g/mol. The standard InChI is InChI=1S/C23H21F4N5O5S/c1-12-16(18(33)29-13-6-4-7-14(10-13)38(3,34)35)19(32-31-17(12)23(25,26)27)37-20-21(36-2)30-15(11-28-20)22(24)8-5-9-22/h4,6-7,10-11H,5,8-9H2,1-3H3,(H,29,33). The number of benzene rings is 1. The molecule has 0 saturated heterocycles. The molecule has 3 aromatic rings. The van der Waals surface area contributed by atoms with Crippen LogP contribution in [-0.4, -0.2) is 47.9 Å². The first-order valence-electron chi connectivity index (χ1n) is 11.1. The van der Waals surface area contributed by atoms with Gasteiger partial charge in [0.1, 0.15) is 11.3 Å². The molecule has 10 nitrogen and oxygen atoms in total. The third kappa shape index (κ3) is 5.37. The van der Waals surface area contributed by atoms with Crippen molar-refractivity contribution in [2.75, 3.05) is 18.7 Å². The van der Waals surface area contributed by atoms with Crippen LogP contribution in [-0.2, 0) is 21.7 Å². The summed E-state index contributed by atoms with van der Waals surface area (Å²) < 4.78 is 89.8. The molecule has 4 rings (SSSR count). The summed E-state index contributed by atoms with van der Waals surface area (Å²) in [5, 5.41) is 8.97. The van der Waals surface area contributed by atoms with E-state index in [0.717, 1.165) is 25.4 Å². The van der Waals surface area contributed by atoms with Gasteiger partial charge in [-0.3, -0.25) is 4.79 Å². The van der Waals surface area contributed by atoms with E-state index in [1.807, 2.05) is 0 Å². The molecule has 1 N–H and O–H groups in total. The third-order valence-corrected chi connectivity index (χ3v) is 7.01. The van der Waals surface area contributed by atoms with E-state index in [1.54, 1.807) is 0 Å². The van der Waals surface area contributed by atoms with Gasteiger partial charge in [-0.15, -0.1) is 10.2 Å². The van der Waals surface area contributed by atoms with Crippen LogP contribution in [0.4, 0.5) is 23.2 Å². The van der Waals surface area contributed by atoms with Gasteiger partial charge in [-0.05, 0) is 49.9 Å². The average molecular weight is 556 g/mol. The van der Waals surface area contributed by atoms with Crippen LogP contribution in [0.3, 0.4) is 0 Å². The number of rotatable bonds is 7. The normalized spacial score (nSPS) is 14.9. The number of methoxy groups -OCH3 is 1. The van der Waals surface area contributed by atoms with Gasteiger partial charge in [-0.1, -0.05) is 6.07 Å². The molecule has 1 aliphatic carbocycles. The molecule has 15 heteroatoms. The van der Waals surface area contributed by atoms with Crippen LogP contribution in [0.15, 0.2) is 35.4 Å². The molecule has 0 aliphatic heterocycles. The second-order valence-corrected chi connectivity index (χ2v) is 10.6. The molecular formula is C23H21F4N5O5S. The van der Waals surface area contributed by atoms with Crippen LogP contribution in [0.1, 0.15) is 46.6 Å². The van der Waals surface area contributed by atoms with Gasteiger partial charge in [-0.2, -0.15) is 13.2 Å². The van der Waals surface area contributed by atoms with Crippen molar-refractivity contribution in [1.82, 2.24) is 20.2 Å². The summed E-state index contributed by atoms with van der Waals surface area (Å²) in [4.78, 5) is 21.1. The van der Waals surface area contributed by atoms with Gasteiger partial charge in [0.2, 0.25) is 0 Å². The van der Waals surface area contributed by atoms with Crippen molar-refractivity contribution in [3.63, 3.8) is 0 Å². The number of nitrogens with zero attached hydrogens (tertiary/aromatic N) is 4. The average Bonchev–Trinajstić information content (AvgIpc) is 2.81. The fourth-order valence-corrected chi connectivity index (χ4v) is 4.39. The van der Waals surface area contributed by atoms with Crippen molar-refractivity contribution >= 4 is 21.4 Å². The molecule has 1 amide bonds. The lowest BCUT2D eigenvalue weighted by Crippen LogP contribution is -2.30. The van der Waals surface area contributed by atoms with Crippen LogP contribution >= 0.6 is 0 Å². The zero-order valence-corrected chi connectivity index (χ0v) is 21.1. The maximum absolute atomic E-state index is 14.8. The Labute approximate surface area is 214 Å². The smallest absolute Gasteiger partial charge is 0.435 e. The second-order valence-electron chi connectivity index (χ2n) is 8.60. The number of anilines is 1. The quantitative estimate of drug-likeness (QED) is 0.421. The minimum atomic E-state index is -4.95. The highest BCUT2D eigenvalue weighted by molar-refractivity contribution is 7.90. The Balaban J connectivity index is 1.75. The molecule has 1 fully saturated rings. The van der Waals surface area contributed by atoms with E-state index in [-0.39, 0.29) is 40.9 Å². The van der Waals surface area contributed by atoms with Crippen LogP contribution < -0.4 is 14.8 Å². The molecular weight excluding hydrogens is 534 g/mol. The highest BCUT2D eigenvalue weighted by Crippen LogP contribution is 2.45. The Bertz CT molecular complexity index is 1510. The molecule has 1 saturated carbocycles. The lowest BCUT2D eigenvalue weighted by Gasteiger charge is -2.32. The van der Waals surface area contributed by atoms with Crippen molar-refractivity contribution in [1.29, 1.82) is 0 Å². The van der Waals surface area contributed by atoms with Crippen LogP contribution in [0.25, 0.3) is 0 Å². The van der Waals surface area contributed by atoms with Gasteiger partial charge in [0, 0.05) is 11.9 Å². The Kier molecular flexibility index (Phi) is 6.99. The molecule has 38 heavy (non-hydrogen) atoms. The molecule has 0 radical (unpaired) electrons. The van der Waals surface area contributed by atoms with Gasteiger partial charge < -0.3 is 14.8 Å². The maximum atomic E-state index is 14.8. The van der Waals surface area contributed by atoms with Gasteiger partial charge in [-0.25, -0.2) is 22.8 Å². The Morgan fingerprint density at radius 1 is 1.13 bits per heavy atom. The number of amides is 1. The molecule has 0 spiro atoms. The lowest BCUT2D eigenvalue weighted by molar-refractivity contribution is -0.142. The molecule has 1 aromatic carbocycles. The first-order valence-corrected chi connectivity index (χ1v) is 13.0. The number of carbonyl (C=O) groups excluding carboxylic acids is 1. The zero-order chi connectivity index (χ0) is 27.9. The summed E-state index contributed by atoms with van der Waals surface area (Å²) in [5.41, 5.74) is -4.37. The van der Waals surface area contributed by atoms with E-state index in [2.05, 4.69) is 25.5 Å². The number of alkyl halides is 4. The molecule has 0 bridgehead atoms. The molecule has 202 valence electrons. The number of halogens is 4. The molecule has 2 heterocycles. The van der Waals surface area contributed by atoms with E-state index in [4.69, 9.17) is 9.47 Å². The van der Waals surface area contributed by atoms with E-state index in [0.29, 0.717) is 6.42 Å². The summed E-state index contributed by atoms with van der Waals surface area (Å²) >= 11 is 0. The van der Waals surface area contributed by atoms with Crippen molar-refractivity contribution in [3.8, 4) is 17.6 Å². The first-order chi connectivity index (χ1) is 17.7. The maximum Gasteiger partial charge on any atom is 0.435 e. The predicted octanol–water partition coefficient (Wildman–Crippen LogP) is 4.40. The van der Waals surface area contributed by atoms with E-state index >= 15 is 0 Å². The fourth-order valence-electron chi connectivity index (χ4n) is 3.72. The van der Waals surface area contributed by atoms with Crippen molar-refractivity contribution < 1.29 is 40.2 Å². The number of hydrogen-bond acceptors (Lipinski definition) is 9. The minimum Gasteiger partial charge on any atom is -0.477 e. The Morgan fingerprint density at radius 3 is 2.42 bits per heavy atom. The SMILES string of the molecule is COc1nc(C2(F)CCC2)cnc1Oc1nnc(C(F)(F)F)c(C)c1C(=O)Nc1cccc(S(C)(=O)=O)c1. The third-order valence-electron chi connectivity index (χ3n) is 5.90. The molecule has 0 unspecified atom stereocenters. The molecule has 1 aliphatic rings. The largest absolute Gasteiger partial charge is 0.477 e. The number of ether oxygens (including phenoxy) is 2. The highest BCUT2D eigenvalue weighted by Gasteiger charge is 2.42. The summed E-state index contributed by atoms with van der Waals surface area (Å²) in [6.07, 6.45) is -1.71. The van der Waals surface area contributed by atoms with Crippen LogP contribution in [0, 0.1) is 6.92 Å². The van der Waals surface area contributed by atoms with Crippen molar-refractivity contribution in [3.05, 3.63) is 53.0 Å². The Morgan fingerprint density at radius 2 is 1.84 bits per heavy atom. The highest BCUT2D eigenvalue weighted by atomic mass is 32.2. The summed E-state index contributed by atoms with van der Waals surface area (Å²) in [6, 6.07) is 5.13. The summed E-state index contributed by atoms with van der Waals surface area (Å²) in [7, 11) is -2.42.